The smallest absolute Gasteiger partial charge is 0.872 e. The Labute approximate surface area is 576 Å². The third-order valence-corrected chi connectivity index (χ3v) is 14.1. The van der Waals surface area contributed by atoms with Gasteiger partial charge in [0.15, 0.2) is 0 Å². The SMILES string of the molecule is CCc1cc(-c2ccc(/C=C/c3ccc(C)cc3)cc2)cc(CC)c1[O-].CCc1cc(-c2ccc(/C=C/c3ccc(C)cc3)cc2)cc(CC)c1[O-].CCc1cc(-c2ccc(/C=C/c3ccccc3)cc2)cc(CC)c1[O-].[K+].[K+].[Li+]. The molecule has 0 atom stereocenters. The monoisotopic (exact) mass is 1090 g/mol. The van der Waals surface area contributed by atoms with Gasteiger partial charge in [-0.3, -0.25) is 0 Å². The van der Waals surface area contributed by atoms with E-state index in [-0.39, 0.29) is 139 Å². The molecule has 0 spiro atoms. The van der Waals surface area contributed by atoms with Gasteiger partial charge in [0.2, 0.25) is 0 Å². The molecular formula is C74H73K2LiO3. The Morgan fingerprint density at radius 2 is 0.450 bits per heavy atom. The van der Waals surface area contributed by atoms with Gasteiger partial charge in [0, 0.05) is 0 Å². The van der Waals surface area contributed by atoms with Crippen LogP contribution >= 0.6 is 0 Å². The van der Waals surface area contributed by atoms with Crippen LogP contribution in [0.3, 0.4) is 0 Å². The Balaban J connectivity index is 0.000000254. The zero-order valence-electron chi connectivity index (χ0n) is 49.3. The minimum Gasteiger partial charge on any atom is -0.872 e. The maximum absolute atomic E-state index is 12.3. The molecule has 0 saturated carbocycles. The van der Waals surface area contributed by atoms with Crippen LogP contribution in [0.15, 0.2) is 188 Å². The van der Waals surface area contributed by atoms with Gasteiger partial charge in [0.25, 0.3) is 0 Å². The zero-order valence-corrected chi connectivity index (χ0v) is 55.6. The van der Waals surface area contributed by atoms with Crippen LogP contribution in [0.2, 0.25) is 0 Å². The first-order chi connectivity index (χ1) is 37.4. The van der Waals surface area contributed by atoms with Crippen molar-refractivity contribution in [1.29, 1.82) is 0 Å². The molecule has 0 saturated heterocycles. The summed E-state index contributed by atoms with van der Waals surface area (Å²) in [6.07, 6.45) is 17.4. The summed E-state index contributed by atoms with van der Waals surface area (Å²) in [5.74, 6) is 0.615. The van der Waals surface area contributed by atoms with Gasteiger partial charge in [-0.1, -0.05) is 311 Å². The molecule has 0 unspecified atom stereocenters. The molecule has 0 amide bonds. The first-order valence-electron chi connectivity index (χ1n) is 27.4. The molecule has 0 heterocycles. The van der Waals surface area contributed by atoms with E-state index in [1.807, 2.05) is 96.1 Å². The largest absolute Gasteiger partial charge is 1.00 e. The van der Waals surface area contributed by atoms with Crippen molar-refractivity contribution in [2.45, 2.75) is 93.9 Å². The molecule has 0 fully saturated rings. The molecule has 0 aromatic heterocycles. The predicted molar refractivity (Wildman–Crippen MR) is 326 cm³/mol. The van der Waals surface area contributed by atoms with Gasteiger partial charge in [-0.15, -0.1) is 17.2 Å². The second kappa shape index (κ2) is 34.8. The van der Waals surface area contributed by atoms with E-state index in [4.69, 9.17) is 0 Å². The fourth-order valence-corrected chi connectivity index (χ4v) is 9.20. The van der Waals surface area contributed by atoms with Crippen molar-refractivity contribution in [3.8, 4) is 50.6 Å². The van der Waals surface area contributed by atoms with Gasteiger partial charge in [-0.05, 0) is 119 Å². The molecule has 9 aromatic rings. The van der Waals surface area contributed by atoms with Gasteiger partial charge in [0.1, 0.15) is 0 Å². The molecule has 80 heavy (non-hydrogen) atoms. The maximum Gasteiger partial charge on any atom is 1.00 e. The normalized spacial score (nSPS) is 10.8. The van der Waals surface area contributed by atoms with Crippen LogP contribution in [-0.2, 0) is 38.5 Å². The van der Waals surface area contributed by atoms with E-state index in [0.717, 1.165) is 105 Å². The van der Waals surface area contributed by atoms with Crippen LogP contribution < -0.4 is 137 Å². The average Bonchev–Trinajstić information content (AvgIpc) is 3.47. The van der Waals surface area contributed by atoms with E-state index in [1.54, 1.807) is 0 Å². The van der Waals surface area contributed by atoms with E-state index < -0.39 is 0 Å². The summed E-state index contributed by atoms with van der Waals surface area (Å²) >= 11 is 0. The number of rotatable bonds is 15. The summed E-state index contributed by atoms with van der Waals surface area (Å²) in [4.78, 5) is 0. The molecule has 9 aromatic carbocycles. The minimum atomic E-state index is 0. The number of benzene rings is 9. The van der Waals surface area contributed by atoms with Gasteiger partial charge in [0.05, 0.1) is 0 Å². The van der Waals surface area contributed by atoms with Crippen molar-refractivity contribution < 1.29 is 137 Å². The molecule has 0 aliphatic rings. The number of hydrogen-bond donors (Lipinski definition) is 0. The third kappa shape index (κ3) is 19.6. The first kappa shape index (κ1) is 68.0. The molecule has 0 bridgehead atoms. The van der Waals surface area contributed by atoms with Crippen molar-refractivity contribution in [2.75, 3.05) is 0 Å². The fourth-order valence-electron chi connectivity index (χ4n) is 9.20. The molecule has 0 N–H and O–H groups in total. The third-order valence-electron chi connectivity index (χ3n) is 14.1. The summed E-state index contributed by atoms with van der Waals surface area (Å²) < 4.78 is 0. The summed E-state index contributed by atoms with van der Waals surface area (Å²) in [7, 11) is 0. The van der Waals surface area contributed by atoms with Crippen molar-refractivity contribution in [3.63, 3.8) is 0 Å². The van der Waals surface area contributed by atoms with Crippen LogP contribution in [0.4, 0.5) is 0 Å². The first-order valence-corrected chi connectivity index (χ1v) is 27.4. The van der Waals surface area contributed by atoms with E-state index in [0.29, 0.717) is 0 Å². The van der Waals surface area contributed by atoms with Crippen LogP contribution in [0.1, 0.15) is 119 Å². The van der Waals surface area contributed by atoms with E-state index >= 15 is 0 Å². The zero-order chi connectivity index (χ0) is 54.7. The number of hydrogen-bond acceptors (Lipinski definition) is 3. The van der Waals surface area contributed by atoms with Crippen LogP contribution in [0.5, 0.6) is 17.2 Å². The fraction of sp³-hybridized carbons (Fsp3) is 0.189. The Morgan fingerprint density at radius 1 is 0.263 bits per heavy atom. The quantitative estimate of drug-likeness (QED) is 0.0762. The van der Waals surface area contributed by atoms with E-state index in [9.17, 15) is 15.3 Å². The maximum atomic E-state index is 12.3. The van der Waals surface area contributed by atoms with Crippen LogP contribution in [0, 0.1) is 13.8 Å². The Kier molecular flexibility index (Phi) is 29.6. The second-order valence-electron chi connectivity index (χ2n) is 19.6. The van der Waals surface area contributed by atoms with Crippen LogP contribution in [0.25, 0.3) is 69.8 Å². The Bertz CT molecular complexity index is 3180. The van der Waals surface area contributed by atoms with Gasteiger partial charge < -0.3 is 15.3 Å². The average molecular weight is 1100 g/mol. The van der Waals surface area contributed by atoms with Gasteiger partial charge >= 0.3 is 122 Å². The van der Waals surface area contributed by atoms with E-state index in [1.165, 1.54) is 44.5 Å². The molecular weight excluding hydrogens is 1020 g/mol. The van der Waals surface area contributed by atoms with Crippen molar-refractivity contribution in [1.82, 2.24) is 0 Å². The second-order valence-corrected chi connectivity index (χ2v) is 19.6. The molecule has 0 aliphatic heterocycles. The van der Waals surface area contributed by atoms with Gasteiger partial charge in [-0.2, -0.15) is 0 Å². The molecule has 0 aliphatic carbocycles. The number of aryl methyl sites for hydroxylation is 8. The molecule has 3 nitrogen and oxygen atoms in total. The Hall–Kier alpha value is -4.53. The summed E-state index contributed by atoms with van der Waals surface area (Å²) in [5, 5.41) is 36.9. The van der Waals surface area contributed by atoms with Crippen molar-refractivity contribution in [3.05, 3.63) is 266 Å². The summed E-state index contributed by atoms with van der Waals surface area (Å²) in [6, 6.07) is 65.1. The minimum absolute atomic E-state index is 0. The van der Waals surface area contributed by atoms with Crippen LogP contribution in [-0.4, -0.2) is 0 Å². The summed E-state index contributed by atoms with van der Waals surface area (Å²) in [5.41, 5.74) is 21.9. The molecule has 9 rings (SSSR count). The molecule has 6 heteroatoms. The van der Waals surface area contributed by atoms with Crippen molar-refractivity contribution in [2.24, 2.45) is 0 Å². The van der Waals surface area contributed by atoms with Gasteiger partial charge in [-0.25, -0.2) is 0 Å². The van der Waals surface area contributed by atoms with Crippen molar-refractivity contribution >= 4 is 36.5 Å². The van der Waals surface area contributed by atoms with E-state index in [2.05, 4.69) is 184 Å². The Morgan fingerprint density at radius 3 is 0.650 bits per heavy atom. The molecule has 0 radical (unpaired) electrons. The topological polar surface area (TPSA) is 69.2 Å². The standard InChI is InChI=1S/2C25H26O.C24H24O.2K.Li/c2*1-4-21-16-24(17-22(5-2)25(21)26)23-14-12-20(13-15-23)11-10-19-8-6-18(3)7-9-19;1-3-20-16-23(17-21(4-2)24(20)25)22-14-12-19(13-15-22)11-10-18-8-6-5-7-9-18;;;/h2*6-17,26H,4-5H2,1-3H3;5-17,25H,3-4H2,1-2H3;;;/q;;;3*+1/p-3/b3*11-10+;;;. The predicted octanol–water partition coefficient (Wildman–Crippen LogP) is 8.80. The summed E-state index contributed by atoms with van der Waals surface area (Å²) in [6.45, 7) is 16.4. The molecule has 390 valence electrons.